The molecule has 0 saturated carbocycles. The van der Waals surface area contributed by atoms with Gasteiger partial charge in [0.1, 0.15) is 0 Å². The summed E-state index contributed by atoms with van der Waals surface area (Å²) in [5.41, 5.74) is 0. The van der Waals surface area contributed by atoms with Crippen LogP contribution in [0.1, 0.15) is 40.5 Å². The van der Waals surface area contributed by atoms with Gasteiger partial charge in [-0.15, -0.1) is 0 Å². The molecule has 0 aromatic carbocycles. The molecule has 17 heavy (non-hydrogen) atoms. The van der Waals surface area contributed by atoms with Crippen molar-refractivity contribution in [2.75, 3.05) is 0 Å². The van der Waals surface area contributed by atoms with Crippen molar-refractivity contribution < 1.29 is 40.2 Å². The molecule has 8 nitrogen and oxygen atoms in total. The minimum Gasteiger partial charge on any atom is -0.450 e. The van der Waals surface area contributed by atoms with Crippen molar-refractivity contribution in [2.24, 2.45) is 0 Å². The molecule has 0 fully saturated rings. The van der Waals surface area contributed by atoms with Crippen LogP contribution in [0.25, 0.3) is 0 Å². The third-order valence-corrected chi connectivity index (χ3v) is 0.755. The van der Waals surface area contributed by atoms with Crippen LogP contribution in [0.2, 0.25) is 0 Å². The Morgan fingerprint density at radius 1 is 1.00 bits per heavy atom. The van der Waals surface area contributed by atoms with Gasteiger partial charge in [0.25, 0.3) is 0 Å². The second-order valence-electron chi connectivity index (χ2n) is 2.60. The Morgan fingerprint density at radius 3 is 1.18 bits per heavy atom. The Morgan fingerprint density at radius 2 is 1.18 bits per heavy atom. The van der Waals surface area contributed by atoms with Crippen molar-refractivity contribution in [2.45, 2.75) is 46.6 Å². The minimum absolute atomic E-state index is 0.00926. The van der Waals surface area contributed by atoms with Gasteiger partial charge in [-0.25, -0.2) is 14.5 Å². The van der Waals surface area contributed by atoms with E-state index in [1.807, 2.05) is 6.92 Å². The number of hydrogen-bond acceptors (Lipinski definition) is 4. The van der Waals surface area contributed by atoms with E-state index in [1.54, 1.807) is 6.92 Å². The third-order valence-electron chi connectivity index (χ3n) is 0.755. The Kier molecular flexibility index (Phi) is 34.7. The summed E-state index contributed by atoms with van der Waals surface area (Å²) < 4.78 is 0. The maximum absolute atomic E-state index is 8.56. The second-order valence-corrected chi connectivity index (χ2v) is 2.60. The number of rotatable bonds is 2. The lowest BCUT2D eigenvalue weighted by Crippen LogP contribution is -2.00. The van der Waals surface area contributed by atoms with Gasteiger partial charge in [0, 0.05) is 0 Å². The lowest BCUT2D eigenvalue weighted by Gasteiger charge is -1.98. The molecule has 0 spiro atoms. The van der Waals surface area contributed by atoms with E-state index in [1.165, 1.54) is 6.42 Å². The summed E-state index contributed by atoms with van der Waals surface area (Å²) in [7, 11) is 0. The number of carboxylic acid groups (broad SMARTS) is 4. The fourth-order valence-electron chi connectivity index (χ4n) is 0.0745. The highest BCUT2D eigenvalue weighted by atomic mass is 17.1. The average Bonchev–Trinajstić information content (AvgIpc) is 2.16. The molecule has 5 N–H and O–H groups in total. The summed E-state index contributed by atoms with van der Waals surface area (Å²) in [6.45, 7) is 8.00. The maximum atomic E-state index is 8.56. The largest absolute Gasteiger partial charge is 0.503 e. The first-order chi connectivity index (χ1) is 7.69. The first-order valence-electron chi connectivity index (χ1n) is 4.83. The predicted molar refractivity (Wildman–Crippen MR) is 60.7 cm³/mol. The van der Waals surface area contributed by atoms with Crippen LogP contribution < -0.4 is 0 Å². The van der Waals surface area contributed by atoms with Crippen LogP contribution in [0.4, 0.5) is 9.59 Å². The Hall–Kier alpha value is -1.54. The van der Waals surface area contributed by atoms with Gasteiger partial charge in [-0.3, -0.25) is 5.26 Å². The lowest BCUT2D eigenvalue weighted by molar-refractivity contribution is -0.274. The molecule has 8 heteroatoms. The van der Waals surface area contributed by atoms with Gasteiger partial charge in [0.15, 0.2) is 0 Å². The minimum atomic E-state index is -1.83. The molecule has 0 aliphatic rings. The molecule has 0 rings (SSSR count). The van der Waals surface area contributed by atoms with Gasteiger partial charge >= 0.3 is 12.3 Å². The number of carbonyl (C=O) groups is 2. The van der Waals surface area contributed by atoms with Crippen LogP contribution in [-0.2, 0) is 4.89 Å². The van der Waals surface area contributed by atoms with Crippen molar-refractivity contribution in [1.82, 2.24) is 0 Å². The molecule has 0 amide bonds. The van der Waals surface area contributed by atoms with Crippen molar-refractivity contribution in [3.05, 3.63) is 0 Å². The van der Waals surface area contributed by atoms with Crippen molar-refractivity contribution >= 4 is 12.3 Å². The van der Waals surface area contributed by atoms with E-state index >= 15 is 0 Å². The van der Waals surface area contributed by atoms with Gasteiger partial charge in [0.2, 0.25) is 0 Å². The third kappa shape index (κ3) is 371. The van der Waals surface area contributed by atoms with Crippen molar-refractivity contribution in [1.29, 1.82) is 0 Å². The lowest BCUT2D eigenvalue weighted by atomic mass is 10.3. The highest BCUT2D eigenvalue weighted by Crippen LogP contribution is 1.89. The summed E-state index contributed by atoms with van der Waals surface area (Å²) >= 11 is 0. The van der Waals surface area contributed by atoms with E-state index in [-0.39, 0.29) is 6.10 Å². The van der Waals surface area contributed by atoms with Gasteiger partial charge in [0.05, 0.1) is 6.10 Å². The fraction of sp³-hybridized carbons (Fsp3) is 0.778. The molecule has 0 aliphatic heterocycles. The molecular weight excluding hydrogens is 236 g/mol. The Balaban J connectivity index is -0.0000000688. The van der Waals surface area contributed by atoms with E-state index in [4.69, 9.17) is 35.3 Å². The topological polar surface area (TPSA) is 145 Å². The van der Waals surface area contributed by atoms with Gasteiger partial charge in [-0.2, -0.15) is 0 Å². The molecule has 1 unspecified atom stereocenters. The molecule has 0 saturated heterocycles. The molecule has 1 atom stereocenters. The van der Waals surface area contributed by atoms with Crippen LogP contribution in [-0.4, -0.2) is 44.1 Å². The monoisotopic (exact) mass is 258 g/mol. The van der Waals surface area contributed by atoms with Gasteiger partial charge in [-0.1, -0.05) is 27.2 Å². The Labute approximate surface area is 100 Å². The SMILES string of the molecule is CCC.CCC(C)OO.O=C(O)O.O=C(O)O. The molecule has 0 aromatic heterocycles. The van der Waals surface area contributed by atoms with Crippen LogP contribution >= 0.6 is 0 Å². The van der Waals surface area contributed by atoms with Crippen LogP contribution in [0.15, 0.2) is 0 Å². The van der Waals surface area contributed by atoms with Crippen molar-refractivity contribution in [3.63, 3.8) is 0 Å². The van der Waals surface area contributed by atoms with E-state index in [0.717, 1.165) is 6.42 Å². The second kappa shape index (κ2) is 23.9. The van der Waals surface area contributed by atoms with Crippen LogP contribution in [0, 0.1) is 0 Å². The zero-order valence-electron chi connectivity index (χ0n) is 10.5. The maximum Gasteiger partial charge on any atom is 0.503 e. The van der Waals surface area contributed by atoms with Gasteiger partial charge < -0.3 is 20.4 Å². The zero-order chi connectivity index (χ0) is 14.9. The Bertz CT molecular complexity index is 135. The zero-order valence-corrected chi connectivity index (χ0v) is 10.5. The predicted octanol–water partition coefficient (Wildman–Crippen LogP) is 3.14. The quantitative estimate of drug-likeness (QED) is 0.375. The normalized spacial score (nSPS) is 9.00. The van der Waals surface area contributed by atoms with Crippen LogP contribution in [0.3, 0.4) is 0 Å². The standard InChI is InChI=1S/C4H10O2.C3H8.2CH2O3/c1-3-4(2)6-5;1-3-2;2*2-1(3)4/h4-5H,3H2,1-2H3;3H2,1-2H3;2*(H2,2,3,4). The van der Waals surface area contributed by atoms with E-state index in [0.29, 0.717) is 0 Å². The highest BCUT2D eigenvalue weighted by Gasteiger charge is 1.91. The molecular formula is C9H22O8. The summed E-state index contributed by atoms with van der Waals surface area (Å²) in [4.78, 5) is 21.0. The molecule has 0 heterocycles. The highest BCUT2D eigenvalue weighted by molar-refractivity contribution is 5.53. The summed E-state index contributed by atoms with van der Waals surface area (Å²) in [6, 6.07) is 0. The summed E-state index contributed by atoms with van der Waals surface area (Å²) in [6.07, 6.45) is -1.57. The first kappa shape index (κ1) is 24.6. The summed E-state index contributed by atoms with van der Waals surface area (Å²) in [5, 5.41) is 35.7. The molecule has 0 aliphatic carbocycles. The molecule has 106 valence electrons. The molecule has 0 bridgehead atoms. The number of hydrogen-bond donors (Lipinski definition) is 5. The first-order valence-corrected chi connectivity index (χ1v) is 4.83. The fourth-order valence-corrected chi connectivity index (χ4v) is 0.0745. The smallest absolute Gasteiger partial charge is 0.450 e. The van der Waals surface area contributed by atoms with E-state index in [9.17, 15) is 0 Å². The van der Waals surface area contributed by atoms with Crippen molar-refractivity contribution in [3.8, 4) is 0 Å². The average molecular weight is 258 g/mol. The summed E-state index contributed by atoms with van der Waals surface area (Å²) in [5.74, 6) is 0. The van der Waals surface area contributed by atoms with Crippen LogP contribution in [0.5, 0.6) is 0 Å². The van der Waals surface area contributed by atoms with E-state index < -0.39 is 12.3 Å². The molecule has 0 radical (unpaired) electrons. The molecule has 0 aromatic rings. The van der Waals surface area contributed by atoms with Gasteiger partial charge in [-0.05, 0) is 13.3 Å². The van der Waals surface area contributed by atoms with E-state index in [2.05, 4.69) is 18.7 Å².